The summed E-state index contributed by atoms with van der Waals surface area (Å²) in [5.74, 6) is -2.07. The van der Waals surface area contributed by atoms with Crippen molar-refractivity contribution in [2.24, 2.45) is 0 Å². The first kappa shape index (κ1) is 16.4. The summed E-state index contributed by atoms with van der Waals surface area (Å²) in [6.07, 6.45) is -2.67. The molecule has 1 aromatic carbocycles. The lowest BCUT2D eigenvalue weighted by Crippen LogP contribution is -2.35. The number of hydrogen-bond acceptors (Lipinski definition) is 4. The van der Waals surface area contributed by atoms with Crippen molar-refractivity contribution < 1.29 is 18.0 Å². The van der Waals surface area contributed by atoms with Gasteiger partial charge in [-0.05, 0) is 31.5 Å². The van der Waals surface area contributed by atoms with Crippen LogP contribution in [0.25, 0.3) is 0 Å². The van der Waals surface area contributed by atoms with Crippen LogP contribution in [0.2, 0.25) is 0 Å². The number of amides is 1. The van der Waals surface area contributed by atoms with Crippen molar-refractivity contribution in [3.05, 3.63) is 41.7 Å². The topological polar surface area (TPSA) is 73.9 Å². The summed E-state index contributed by atoms with van der Waals surface area (Å²) < 4.78 is 37.7. The second-order valence-electron chi connectivity index (χ2n) is 5.55. The summed E-state index contributed by atoms with van der Waals surface area (Å²) in [5, 5.41) is 7.58. The summed E-state index contributed by atoms with van der Waals surface area (Å²) in [4.78, 5) is 17.9. The minimum Gasteiger partial charge on any atom is -0.292 e. The zero-order valence-electron chi connectivity index (χ0n) is 12.7. The standard InChI is InChI=1S/C15H16F3N5O/c16-15(17,18)13-20-14(22-21-13)19-12(24)11(23-8-4-5-9-23)10-6-2-1-3-7-10/h1-3,6-7,11H,4-5,8-9H2,(H2,19,20,21,22,24)/t11-/m0/s1. The van der Waals surface area contributed by atoms with Crippen LogP contribution in [0.5, 0.6) is 0 Å². The number of hydrogen-bond donors (Lipinski definition) is 2. The first-order chi connectivity index (χ1) is 11.4. The molecule has 6 nitrogen and oxygen atoms in total. The highest BCUT2D eigenvalue weighted by molar-refractivity contribution is 5.94. The molecule has 24 heavy (non-hydrogen) atoms. The molecular formula is C15H16F3N5O. The smallest absolute Gasteiger partial charge is 0.292 e. The molecule has 0 saturated carbocycles. The fourth-order valence-corrected chi connectivity index (χ4v) is 2.79. The van der Waals surface area contributed by atoms with Gasteiger partial charge in [0.1, 0.15) is 6.04 Å². The van der Waals surface area contributed by atoms with Gasteiger partial charge in [0.15, 0.2) is 0 Å². The van der Waals surface area contributed by atoms with Crippen molar-refractivity contribution in [3.63, 3.8) is 0 Å². The van der Waals surface area contributed by atoms with E-state index in [0.717, 1.165) is 31.5 Å². The SMILES string of the molecule is O=C(Nc1n[nH]c(C(F)(F)F)n1)[C@H](c1ccccc1)N1CCCC1. The second kappa shape index (κ2) is 6.60. The highest BCUT2D eigenvalue weighted by atomic mass is 19.4. The van der Waals surface area contributed by atoms with E-state index in [2.05, 4.69) is 15.4 Å². The quantitative estimate of drug-likeness (QED) is 0.898. The summed E-state index contributed by atoms with van der Waals surface area (Å²) in [7, 11) is 0. The number of aromatic amines is 1. The van der Waals surface area contributed by atoms with Gasteiger partial charge >= 0.3 is 6.18 Å². The van der Waals surface area contributed by atoms with Gasteiger partial charge in [0, 0.05) is 0 Å². The Hall–Kier alpha value is -2.42. The third-order valence-corrected chi connectivity index (χ3v) is 3.86. The molecule has 0 aliphatic carbocycles. The summed E-state index contributed by atoms with van der Waals surface area (Å²) >= 11 is 0. The van der Waals surface area contributed by atoms with Crippen LogP contribution < -0.4 is 5.32 Å². The molecule has 2 N–H and O–H groups in total. The van der Waals surface area contributed by atoms with Crippen LogP contribution in [0, 0.1) is 0 Å². The Kier molecular flexibility index (Phi) is 4.52. The molecule has 0 radical (unpaired) electrons. The normalized spacial score (nSPS) is 17.0. The van der Waals surface area contributed by atoms with Crippen LogP contribution in [0.4, 0.5) is 19.1 Å². The molecule has 2 heterocycles. The third-order valence-electron chi connectivity index (χ3n) is 3.86. The van der Waals surface area contributed by atoms with Gasteiger partial charge in [-0.3, -0.25) is 20.1 Å². The molecular weight excluding hydrogens is 323 g/mol. The molecule has 1 saturated heterocycles. The molecule has 1 fully saturated rings. The van der Waals surface area contributed by atoms with E-state index in [4.69, 9.17) is 0 Å². The van der Waals surface area contributed by atoms with Crippen molar-refractivity contribution in [1.82, 2.24) is 20.1 Å². The lowest BCUT2D eigenvalue weighted by atomic mass is 10.0. The Morgan fingerprint density at radius 1 is 1.21 bits per heavy atom. The Morgan fingerprint density at radius 3 is 2.46 bits per heavy atom. The molecule has 1 aliphatic heterocycles. The van der Waals surface area contributed by atoms with Crippen LogP contribution in [0.3, 0.4) is 0 Å². The maximum atomic E-state index is 12.6. The zero-order chi connectivity index (χ0) is 17.2. The first-order valence-electron chi connectivity index (χ1n) is 7.54. The van der Waals surface area contributed by atoms with Crippen LogP contribution in [0.1, 0.15) is 30.3 Å². The largest absolute Gasteiger partial charge is 0.451 e. The van der Waals surface area contributed by atoms with Gasteiger partial charge in [-0.2, -0.15) is 18.2 Å². The second-order valence-corrected chi connectivity index (χ2v) is 5.55. The minimum atomic E-state index is -4.64. The fourth-order valence-electron chi connectivity index (χ4n) is 2.79. The number of aromatic nitrogens is 3. The van der Waals surface area contributed by atoms with E-state index >= 15 is 0 Å². The van der Waals surface area contributed by atoms with E-state index < -0.39 is 23.9 Å². The number of rotatable bonds is 4. The first-order valence-corrected chi connectivity index (χ1v) is 7.54. The number of alkyl halides is 3. The molecule has 3 rings (SSSR count). The third kappa shape index (κ3) is 3.56. The predicted molar refractivity (Wildman–Crippen MR) is 80.0 cm³/mol. The zero-order valence-corrected chi connectivity index (χ0v) is 12.7. The molecule has 2 aromatic rings. The number of halogens is 3. The van der Waals surface area contributed by atoms with E-state index in [1.807, 2.05) is 35.2 Å². The average Bonchev–Trinajstić information content (AvgIpc) is 3.20. The van der Waals surface area contributed by atoms with Gasteiger partial charge in [-0.25, -0.2) is 0 Å². The number of carbonyl (C=O) groups excluding carboxylic acids is 1. The van der Waals surface area contributed by atoms with Crippen LogP contribution in [-0.2, 0) is 11.0 Å². The summed E-state index contributed by atoms with van der Waals surface area (Å²) in [6, 6.07) is 8.54. The van der Waals surface area contributed by atoms with Gasteiger partial charge in [-0.15, -0.1) is 5.10 Å². The van der Waals surface area contributed by atoms with E-state index in [1.165, 1.54) is 0 Å². The highest BCUT2D eigenvalue weighted by Gasteiger charge is 2.36. The van der Waals surface area contributed by atoms with Crippen LogP contribution in [-0.4, -0.2) is 39.1 Å². The fraction of sp³-hybridized carbons (Fsp3) is 0.400. The maximum absolute atomic E-state index is 12.6. The van der Waals surface area contributed by atoms with E-state index in [-0.39, 0.29) is 5.95 Å². The molecule has 1 aliphatic rings. The number of benzene rings is 1. The Bertz CT molecular complexity index is 695. The number of H-pyrrole nitrogens is 1. The molecule has 0 spiro atoms. The van der Waals surface area contributed by atoms with Crippen LogP contribution >= 0.6 is 0 Å². The Labute approximate surface area is 136 Å². The molecule has 1 atom stereocenters. The van der Waals surface area contributed by atoms with Crippen molar-refractivity contribution in [3.8, 4) is 0 Å². The van der Waals surface area contributed by atoms with E-state index in [9.17, 15) is 18.0 Å². The molecule has 1 aromatic heterocycles. The molecule has 0 unspecified atom stereocenters. The van der Waals surface area contributed by atoms with E-state index in [1.54, 1.807) is 5.10 Å². The van der Waals surface area contributed by atoms with Crippen LogP contribution in [0.15, 0.2) is 30.3 Å². The number of carbonyl (C=O) groups is 1. The van der Waals surface area contributed by atoms with Crippen molar-refractivity contribution in [2.45, 2.75) is 25.1 Å². The lowest BCUT2D eigenvalue weighted by molar-refractivity contribution is -0.144. The molecule has 1 amide bonds. The van der Waals surface area contributed by atoms with E-state index in [0.29, 0.717) is 0 Å². The predicted octanol–water partition coefficient (Wildman–Crippen LogP) is 2.60. The summed E-state index contributed by atoms with van der Waals surface area (Å²) in [6.45, 7) is 1.52. The monoisotopic (exact) mass is 339 g/mol. The van der Waals surface area contributed by atoms with Gasteiger partial charge in [0.2, 0.25) is 17.7 Å². The van der Waals surface area contributed by atoms with Crippen molar-refractivity contribution in [1.29, 1.82) is 0 Å². The average molecular weight is 339 g/mol. The Morgan fingerprint density at radius 2 is 1.88 bits per heavy atom. The number of likely N-dealkylation sites (tertiary alicyclic amines) is 1. The number of nitrogens with zero attached hydrogens (tertiary/aromatic N) is 3. The van der Waals surface area contributed by atoms with Gasteiger partial charge in [0.25, 0.3) is 0 Å². The molecule has 128 valence electrons. The van der Waals surface area contributed by atoms with Crippen molar-refractivity contribution in [2.75, 3.05) is 18.4 Å². The number of nitrogens with one attached hydrogen (secondary N) is 2. The summed E-state index contributed by atoms with van der Waals surface area (Å²) in [5.41, 5.74) is 0.781. The van der Waals surface area contributed by atoms with Crippen molar-refractivity contribution >= 4 is 11.9 Å². The minimum absolute atomic E-state index is 0.382. The molecule has 0 bridgehead atoms. The Balaban J connectivity index is 1.80. The van der Waals surface area contributed by atoms with Gasteiger partial charge < -0.3 is 0 Å². The lowest BCUT2D eigenvalue weighted by Gasteiger charge is -2.26. The van der Waals surface area contributed by atoms with Gasteiger partial charge in [-0.1, -0.05) is 30.3 Å². The number of anilines is 1. The highest BCUT2D eigenvalue weighted by Crippen LogP contribution is 2.28. The molecule has 9 heteroatoms. The maximum Gasteiger partial charge on any atom is 0.451 e. The van der Waals surface area contributed by atoms with Gasteiger partial charge in [0.05, 0.1) is 0 Å².